The van der Waals surface area contributed by atoms with Crippen molar-refractivity contribution in [1.82, 2.24) is 9.38 Å². The van der Waals surface area contributed by atoms with E-state index < -0.39 is 11.6 Å². The maximum absolute atomic E-state index is 13.9. The van der Waals surface area contributed by atoms with Crippen LogP contribution >= 0.6 is 0 Å². The van der Waals surface area contributed by atoms with Gasteiger partial charge in [0.1, 0.15) is 24.0 Å². The molecule has 0 fully saturated rings. The van der Waals surface area contributed by atoms with Crippen LogP contribution in [-0.4, -0.2) is 16.0 Å². The lowest BCUT2D eigenvalue weighted by molar-refractivity contribution is 0.294. The zero-order chi connectivity index (χ0) is 20.4. The maximum Gasteiger partial charge on any atom is 0.180 e. The Morgan fingerprint density at radius 2 is 1.66 bits per heavy atom. The molecule has 4 aromatic rings. The zero-order valence-corrected chi connectivity index (χ0v) is 16.2. The number of benzene rings is 2. The molecule has 0 unspecified atom stereocenters. The number of hydrogen-bond acceptors (Lipinski definition) is 3. The minimum Gasteiger partial charge on any atom is -0.494 e. The molecule has 0 radical (unpaired) electrons. The first-order valence-corrected chi connectivity index (χ1v) is 9.35. The van der Waals surface area contributed by atoms with Gasteiger partial charge in [0, 0.05) is 11.8 Å². The van der Waals surface area contributed by atoms with Gasteiger partial charge < -0.3 is 9.47 Å². The van der Waals surface area contributed by atoms with E-state index in [-0.39, 0.29) is 12.2 Å². The van der Waals surface area contributed by atoms with E-state index in [4.69, 9.17) is 9.47 Å². The smallest absolute Gasteiger partial charge is 0.180 e. The molecule has 4 nitrogen and oxygen atoms in total. The van der Waals surface area contributed by atoms with Crippen LogP contribution in [0.15, 0.2) is 60.8 Å². The summed E-state index contributed by atoms with van der Waals surface area (Å²) in [6.07, 6.45) is 1.89. The molecule has 0 saturated carbocycles. The third-order valence-electron chi connectivity index (χ3n) is 4.66. The van der Waals surface area contributed by atoms with Crippen molar-refractivity contribution < 1.29 is 18.3 Å². The number of fused-ring (bicyclic) bond motifs is 1. The number of ether oxygens (including phenoxy) is 2. The molecule has 0 saturated heterocycles. The van der Waals surface area contributed by atoms with Gasteiger partial charge in [-0.2, -0.15) is 0 Å². The van der Waals surface area contributed by atoms with E-state index in [9.17, 15) is 8.78 Å². The second kappa shape index (κ2) is 7.91. The lowest BCUT2D eigenvalue weighted by Crippen LogP contribution is -2.03. The average molecular weight is 394 g/mol. The number of aromatic nitrogens is 2. The third-order valence-corrected chi connectivity index (χ3v) is 4.66. The second-order valence-corrected chi connectivity index (χ2v) is 6.56. The summed E-state index contributed by atoms with van der Waals surface area (Å²) in [5, 5.41) is 0. The Morgan fingerprint density at radius 1 is 0.931 bits per heavy atom. The van der Waals surface area contributed by atoms with Crippen LogP contribution in [0.5, 0.6) is 11.5 Å². The van der Waals surface area contributed by atoms with Crippen LogP contribution in [0.3, 0.4) is 0 Å². The van der Waals surface area contributed by atoms with Crippen LogP contribution in [0, 0.1) is 18.6 Å². The van der Waals surface area contributed by atoms with Gasteiger partial charge in [-0.1, -0.05) is 6.07 Å². The van der Waals surface area contributed by atoms with Crippen molar-refractivity contribution >= 4 is 5.65 Å². The fourth-order valence-electron chi connectivity index (χ4n) is 3.31. The number of imidazole rings is 1. The summed E-state index contributed by atoms with van der Waals surface area (Å²) in [5.41, 5.74) is 3.21. The lowest BCUT2D eigenvalue weighted by Gasteiger charge is -2.10. The topological polar surface area (TPSA) is 35.8 Å². The van der Waals surface area contributed by atoms with E-state index in [1.807, 2.05) is 54.8 Å². The van der Waals surface area contributed by atoms with Crippen molar-refractivity contribution in [2.45, 2.75) is 20.5 Å². The van der Waals surface area contributed by atoms with Crippen molar-refractivity contribution in [1.29, 1.82) is 0 Å². The summed E-state index contributed by atoms with van der Waals surface area (Å²) < 4.78 is 40.9. The fraction of sp³-hybridized carbons (Fsp3) is 0.174. The highest BCUT2D eigenvalue weighted by atomic mass is 19.1. The van der Waals surface area contributed by atoms with E-state index in [2.05, 4.69) is 4.98 Å². The Balaban J connectivity index is 1.68. The second-order valence-electron chi connectivity index (χ2n) is 6.56. The van der Waals surface area contributed by atoms with Crippen LogP contribution in [0.4, 0.5) is 8.78 Å². The number of halogens is 2. The summed E-state index contributed by atoms with van der Waals surface area (Å²) in [7, 11) is 0. The summed E-state index contributed by atoms with van der Waals surface area (Å²) >= 11 is 0. The van der Waals surface area contributed by atoms with Gasteiger partial charge in [0.25, 0.3) is 0 Å². The first-order chi connectivity index (χ1) is 14.1. The highest BCUT2D eigenvalue weighted by Gasteiger charge is 2.16. The summed E-state index contributed by atoms with van der Waals surface area (Å²) in [4.78, 5) is 4.62. The SMILES string of the molecule is CCOc1ccc(-c2c(C)nc3c(OCc4c(F)cccc4F)cccn23)cc1. The molecule has 2 aromatic carbocycles. The predicted molar refractivity (Wildman–Crippen MR) is 107 cm³/mol. The normalized spacial score (nSPS) is 11.0. The summed E-state index contributed by atoms with van der Waals surface area (Å²) in [6.45, 7) is 4.25. The molecule has 0 aliphatic heterocycles. The van der Waals surface area contributed by atoms with Gasteiger partial charge in [0.05, 0.1) is 23.6 Å². The molecule has 0 aliphatic carbocycles. The van der Waals surface area contributed by atoms with E-state index in [1.54, 1.807) is 6.07 Å². The molecule has 0 aliphatic rings. The van der Waals surface area contributed by atoms with Crippen LogP contribution in [0.2, 0.25) is 0 Å². The molecular formula is C23H20F2N2O2. The zero-order valence-electron chi connectivity index (χ0n) is 16.2. The van der Waals surface area contributed by atoms with Crippen molar-refractivity contribution in [3.05, 3.63) is 83.7 Å². The summed E-state index contributed by atoms with van der Waals surface area (Å²) in [5.74, 6) is -0.00722. The fourth-order valence-corrected chi connectivity index (χ4v) is 3.31. The maximum atomic E-state index is 13.9. The van der Waals surface area contributed by atoms with E-state index >= 15 is 0 Å². The van der Waals surface area contributed by atoms with Gasteiger partial charge in [-0.05, 0) is 62.4 Å². The van der Waals surface area contributed by atoms with Crippen LogP contribution < -0.4 is 9.47 Å². The minimum atomic E-state index is -0.633. The minimum absolute atomic E-state index is 0.107. The molecule has 0 spiro atoms. The molecule has 2 heterocycles. The van der Waals surface area contributed by atoms with E-state index in [1.165, 1.54) is 18.2 Å². The van der Waals surface area contributed by atoms with Crippen molar-refractivity contribution in [2.75, 3.05) is 6.61 Å². The molecule has 0 atom stereocenters. The highest BCUT2D eigenvalue weighted by Crippen LogP contribution is 2.30. The molecule has 148 valence electrons. The van der Waals surface area contributed by atoms with Crippen molar-refractivity contribution in [3.8, 4) is 22.8 Å². The molecule has 0 N–H and O–H groups in total. The molecule has 0 amide bonds. The Labute approximate surface area is 167 Å². The number of aryl methyl sites for hydroxylation is 1. The number of hydrogen-bond donors (Lipinski definition) is 0. The number of nitrogens with zero attached hydrogens (tertiary/aromatic N) is 2. The van der Waals surface area contributed by atoms with Crippen LogP contribution in [0.25, 0.3) is 16.9 Å². The van der Waals surface area contributed by atoms with E-state index in [0.717, 1.165) is 22.7 Å². The monoisotopic (exact) mass is 394 g/mol. The van der Waals surface area contributed by atoms with Gasteiger partial charge >= 0.3 is 0 Å². The van der Waals surface area contributed by atoms with Gasteiger partial charge in [0.15, 0.2) is 11.4 Å². The number of rotatable bonds is 6. The first kappa shape index (κ1) is 18.9. The standard InChI is InChI=1S/C23H20F2N2O2/c1-3-28-17-11-9-16(10-12-17)22-15(2)26-23-21(8-5-13-27(22)23)29-14-18-19(24)6-4-7-20(18)25/h4-13H,3,14H2,1-2H3. The van der Waals surface area contributed by atoms with Gasteiger partial charge in [-0.3, -0.25) is 4.40 Å². The summed E-state index contributed by atoms with van der Waals surface area (Å²) in [6, 6.07) is 15.1. The molecule has 4 rings (SSSR count). The van der Waals surface area contributed by atoms with Crippen molar-refractivity contribution in [2.24, 2.45) is 0 Å². The largest absolute Gasteiger partial charge is 0.494 e. The van der Waals surface area contributed by atoms with Gasteiger partial charge in [-0.15, -0.1) is 0 Å². The Hall–Kier alpha value is -3.41. The Kier molecular flexibility index (Phi) is 5.16. The third kappa shape index (κ3) is 3.66. The molecule has 6 heteroatoms. The van der Waals surface area contributed by atoms with Crippen LogP contribution in [-0.2, 0) is 6.61 Å². The van der Waals surface area contributed by atoms with E-state index in [0.29, 0.717) is 18.0 Å². The molecular weight excluding hydrogens is 374 g/mol. The van der Waals surface area contributed by atoms with Crippen molar-refractivity contribution in [3.63, 3.8) is 0 Å². The van der Waals surface area contributed by atoms with Crippen LogP contribution in [0.1, 0.15) is 18.2 Å². The quantitative estimate of drug-likeness (QED) is 0.429. The average Bonchev–Trinajstić information content (AvgIpc) is 3.05. The Bertz CT molecular complexity index is 1130. The predicted octanol–water partition coefficient (Wildman–Crippen LogP) is 5.57. The molecule has 29 heavy (non-hydrogen) atoms. The molecule has 2 aromatic heterocycles. The van der Waals surface area contributed by atoms with Gasteiger partial charge in [-0.25, -0.2) is 13.8 Å². The highest BCUT2D eigenvalue weighted by molar-refractivity contribution is 5.70. The Morgan fingerprint density at radius 3 is 2.34 bits per heavy atom. The lowest BCUT2D eigenvalue weighted by atomic mass is 10.1. The first-order valence-electron chi connectivity index (χ1n) is 9.35. The van der Waals surface area contributed by atoms with Gasteiger partial charge in [0.2, 0.25) is 0 Å². The molecule has 0 bridgehead atoms. The number of pyridine rings is 1.